The molecule has 4 aromatic heterocycles. The molecule has 39 heavy (non-hydrogen) atoms. The molecule has 4 aromatic rings. The Kier molecular flexibility index (Phi) is 7.44. The lowest BCUT2D eigenvalue weighted by Crippen LogP contribution is -2.48. The quantitative estimate of drug-likeness (QED) is 0.205. The van der Waals surface area contributed by atoms with Gasteiger partial charge in [-0.3, -0.25) is 0 Å². The minimum Gasteiger partial charge on any atom is -0.218 e. The van der Waals surface area contributed by atoms with Crippen LogP contribution in [0.2, 0.25) is 0 Å². The van der Waals surface area contributed by atoms with Gasteiger partial charge in [-0.1, -0.05) is 95.2 Å². The van der Waals surface area contributed by atoms with Crippen molar-refractivity contribution in [3.05, 3.63) is 83.7 Å². The Morgan fingerprint density at radius 1 is 0.615 bits per heavy atom. The highest BCUT2D eigenvalue weighted by Gasteiger charge is 2.38. The van der Waals surface area contributed by atoms with Crippen LogP contribution in [-0.4, -0.2) is 24.1 Å². The van der Waals surface area contributed by atoms with Gasteiger partial charge in [0.2, 0.25) is 8.22 Å². The fourth-order valence-electron chi connectivity index (χ4n) is 4.36. The molecule has 0 N–H and O–H groups in total. The summed E-state index contributed by atoms with van der Waals surface area (Å²) in [6.45, 7) is 27.0. The summed E-state index contributed by atoms with van der Waals surface area (Å²) in [7, 11) is -1.28. The molecule has 0 fully saturated rings. The number of rotatable bonds is 4. The molecular formula is C32H46N6P+. The van der Waals surface area contributed by atoms with Crippen LogP contribution in [0.5, 0.6) is 0 Å². The van der Waals surface area contributed by atoms with Crippen LogP contribution in [0.1, 0.15) is 106 Å². The number of pyridine rings is 2. The van der Waals surface area contributed by atoms with Gasteiger partial charge in [-0.15, -0.1) is 0 Å². The van der Waals surface area contributed by atoms with E-state index in [1.807, 2.05) is 18.3 Å². The molecule has 0 saturated heterocycles. The van der Waals surface area contributed by atoms with Crippen LogP contribution in [0, 0.1) is 0 Å². The van der Waals surface area contributed by atoms with Crippen molar-refractivity contribution in [2.75, 3.05) is 0 Å². The number of hydrogen-bond acceptors (Lipinski definition) is 3. The maximum Gasteiger partial charge on any atom is 0.328 e. The Morgan fingerprint density at radius 3 is 1.51 bits per heavy atom. The van der Waals surface area contributed by atoms with Gasteiger partial charge in [-0.05, 0) is 35.3 Å². The molecule has 4 rings (SSSR count). The minimum absolute atomic E-state index is 0.0898. The average Bonchev–Trinajstić information content (AvgIpc) is 3.46. The van der Waals surface area contributed by atoms with Gasteiger partial charge in [0, 0.05) is 27.7 Å². The smallest absolute Gasteiger partial charge is 0.218 e. The fraction of sp³-hybridized carbons (Fsp3) is 0.500. The highest BCUT2D eigenvalue weighted by atomic mass is 31.1. The molecule has 0 radical (unpaired) electrons. The average molecular weight is 546 g/mol. The van der Waals surface area contributed by atoms with Gasteiger partial charge in [-0.25, -0.2) is 8.90 Å². The van der Waals surface area contributed by atoms with Crippen LogP contribution in [-0.2, 0) is 21.7 Å². The highest BCUT2D eigenvalue weighted by molar-refractivity contribution is 7.61. The van der Waals surface area contributed by atoms with Crippen molar-refractivity contribution in [1.82, 2.24) is 24.1 Å². The SMILES string of the molecule is CC(C)(C)c1cc(C(C)(C)C)n(P(c2cccc[n+]2-c2ccccn2)n2nc(C(C)(C)C)cc2C(C)(C)C)n1. The summed E-state index contributed by atoms with van der Waals surface area (Å²) in [6, 6.07) is 17.0. The van der Waals surface area contributed by atoms with Crippen molar-refractivity contribution in [2.45, 2.75) is 105 Å². The van der Waals surface area contributed by atoms with Crippen molar-refractivity contribution in [3.8, 4) is 5.82 Å². The van der Waals surface area contributed by atoms with E-state index >= 15 is 0 Å². The Morgan fingerprint density at radius 2 is 1.10 bits per heavy atom. The van der Waals surface area contributed by atoms with Crippen LogP contribution in [0.3, 0.4) is 0 Å². The van der Waals surface area contributed by atoms with Crippen LogP contribution >= 0.6 is 8.22 Å². The summed E-state index contributed by atoms with van der Waals surface area (Å²) in [5.41, 5.74) is 5.25. The van der Waals surface area contributed by atoms with E-state index in [1.165, 1.54) is 11.4 Å². The Labute approximate surface area is 236 Å². The van der Waals surface area contributed by atoms with Crippen molar-refractivity contribution in [2.24, 2.45) is 0 Å². The number of aromatic nitrogens is 6. The van der Waals surface area contributed by atoms with E-state index < -0.39 is 8.22 Å². The molecule has 0 amide bonds. The third-order valence-corrected chi connectivity index (χ3v) is 8.86. The second-order valence-electron chi connectivity index (χ2n) is 14.5. The molecule has 0 aliphatic heterocycles. The maximum atomic E-state index is 5.38. The second-order valence-corrected chi connectivity index (χ2v) is 16.3. The van der Waals surface area contributed by atoms with Crippen LogP contribution < -0.4 is 10.0 Å². The molecule has 0 aliphatic rings. The second kappa shape index (κ2) is 9.96. The van der Waals surface area contributed by atoms with Crippen molar-refractivity contribution < 1.29 is 4.57 Å². The summed E-state index contributed by atoms with van der Waals surface area (Å²) in [5, 5.41) is 10.8. The van der Waals surface area contributed by atoms with E-state index in [0.717, 1.165) is 22.6 Å². The Hall–Kier alpha value is -2.85. The van der Waals surface area contributed by atoms with E-state index in [0.29, 0.717) is 0 Å². The zero-order chi connectivity index (χ0) is 29.0. The Bertz CT molecular complexity index is 1370. The van der Waals surface area contributed by atoms with Gasteiger partial charge in [0.25, 0.3) is 0 Å². The monoisotopic (exact) mass is 545 g/mol. The zero-order valence-corrected chi connectivity index (χ0v) is 26.8. The third-order valence-electron chi connectivity index (χ3n) is 6.75. The molecule has 0 atom stereocenters. The molecule has 0 spiro atoms. The van der Waals surface area contributed by atoms with Crippen LogP contribution in [0.15, 0.2) is 60.9 Å². The van der Waals surface area contributed by atoms with E-state index in [4.69, 9.17) is 15.2 Å². The van der Waals surface area contributed by atoms with Crippen LogP contribution in [0.4, 0.5) is 0 Å². The predicted molar refractivity (Wildman–Crippen MR) is 162 cm³/mol. The van der Waals surface area contributed by atoms with Gasteiger partial charge in [0.1, 0.15) is 6.20 Å². The molecule has 0 aliphatic carbocycles. The first-order valence-electron chi connectivity index (χ1n) is 13.8. The first-order valence-corrected chi connectivity index (χ1v) is 15.1. The molecule has 7 heteroatoms. The lowest BCUT2D eigenvalue weighted by molar-refractivity contribution is -0.580. The topological polar surface area (TPSA) is 52.4 Å². The predicted octanol–water partition coefficient (Wildman–Crippen LogP) is 6.98. The molecule has 0 saturated carbocycles. The van der Waals surface area contributed by atoms with E-state index in [-0.39, 0.29) is 21.7 Å². The summed E-state index contributed by atoms with van der Waals surface area (Å²) in [5.74, 6) is 0.876. The third kappa shape index (κ3) is 6.01. The molecule has 208 valence electrons. The largest absolute Gasteiger partial charge is 0.328 e. The van der Waals surface area contributed by atoms with E-state index in [1.54, 1.807) is 0 Å². The lowest BCUT2D eigenvalue weighted by atomic mass is 9.88. The molecule has 4 heterocycles. The minimum atomic E-state index is -1.28. The standard InChI is InChI=1S/C32H46N6P/c1-29(2,3)23-21-25(31(7,8)9)37(34-23)39(28-18-14-16-20-36(28)27-17-13-15-19-33-27)38-26(32(10,11)12)22-24(35-38)30(4,5)6/h13-22H,1-12H3/q+1. The zero-order valence-electron chi connectivity index (χ0n) is 25.9. The van der Waals surface area contributed by atoms with Gasteiger partial charge in [-0.2, -0.15) is 14.8 Å². The van der Waals surface area contributed by atoms with Crippen molar-refractivity contribution >= 4 is 13.7 Å². The van der Waals surface area contributed by atoms with Crippen LogP contribution in [0.25, 0.3) is 5.82 Å². The van der Waals surface area contributed by atoms with Gasteiger partial charge in [0.15, 0.2) is 5.44 Å². The van der Waals surface area contributed by atoms with Crippen molar-refractivity contribution in [3.63, 3.8) is 0 Å². The summed E-state index contributed by atoms with van der Waals surface area (Å²) in [4.78, 5) is 4.72. The first-order chi connectivity index (χ1) is 17.9. The van der Waals surface area contributed by atoms with Crippen molar-refractivity contribution in [1.29, 1.82) is 0 Å². The number of hydrogen-bond donors (Lipinski definition) is 0. The van der Waals surface area contributed by atoms with Gasteiger partial charge < -0.3 is 0 Å². The molecule has 0 bridgehead atoms. The van der Waals surface area contributed by atoms with E-state index in [9.17, 15) is 0 Å². The summed E-state index contributed by atoms with van der Waals surface area (Å²) >= 11 is 0. The fourth-order valence-corrected chi connectivity index (χ4v) is 6.98. The highest BCUT2D eigenvalue weighted by Crippen LogP contribution is 2.46. The molecule has 0 aromatic carbocycles. The lowest BCUT2D eigenvalue weighted by Gasteiger charge is -2.29. The van der Waals surface area contributed by atoms with Gasteiger partial charge in [0.05, 0.1) is 29.0 Å². The summed E-state index contributed by atoms with van der Waals surface area (Å²) < 4.78 is 6.75. The Balaban J connectivity index is 2.15. The summed E-state index contributed by atoms with van der Waals surface area (Å²) in [6.07, 6.45) is 3.95. The molecular weight excluding hydrogens is 499 g/mol. The number of nitrogens with zero attached hydrogens (tertiary/aromatic N) is 6. The van der Waals surface area contributed by atoms with E-state index in [2.05, 4.69) is 139 Å². The first kappa shape index (κ1) is 29.1. The molecule has 0 unspecified atom stereocenters. The molecule has 6 nitrogen and oxygen atoms in total. The van der Waals surface area contributed by atoms with Gasteiger partial charge >= 0.3 is 5.82 Å². The maximum absolute atomic E-state index is 5.38. The normalized spacial score (nSPS) is 13.4.